The van der Waals surface area contributed by atoms with Crippen LogP contribution in [0.25, 0.3) is 0 Å². The molecule has 2 rings (SSSR count). The van der Waals surface area contributed by atoms with Crippen molar-refractivity contribution in [2.45, 2.75) is 13.3 Å². The summed E-state index contributed by atoms with van der Waals surface area (Å²) in [5, 5.41) is 8.14. The van der Waals surface area contributed by atoms with Crippen molar-refractivity contribution in [1.29, 1.82) is 0 Å². The zero-order valence-electron chi connectivity index (χ0n) is 14.1. The monoisotopic (exact) mass is 405 g/mol. The average molecular weight is 406 g/mol. The minimum absolute atomic E-state index is 0.158. The van der Waals surface area contributed by atoms with Crippen LogP contribution in [0.2, 0.25) is 0 Å². The Hall–Kier alpha value is -2.54. The Morgan fingerprint density at radius 3 is 2.48 bits per heavy atom. The van der Waals surface area contributed by atoms with Crippen LogP contribution in [0.1, 0.15) is 12.0 Å². The predicted octanol–water partition coefficient (Wildman–Crippen LogP) is 3.92. The van der Waals surface area contributed by atoms with Gasteiger partial charge in [0, 0.05) is 23.1 Å². The van der Waals surface area contributed by atoms with Crippen molar-refractivity contribution in [3.05, 3.63) is 52.5 Å². The molecule has 0 unspecified atom stereocenters. The zero-order chi connectivity index (χ0) is 18.2. The van der Waals surface area contributed by atoms with Gasteiger partial charge < -0.3 is 20.7 Å². The van der Waals surface area contributed by atoms with Crippen LogP contribution in [0.15, 0.2) is 46.9 Å². The third kappa shape index (κ3) is 6.11. The van der Waals surface area contributed by atoms with Gasteiger partial charge in [0.25, 0.3) is 0 Å². The molecule has 7 heteroatoms. The molecule has 132 valence electrons. The minimum Gasteiger partial charge on any atom is -0.495 e. The highest BCUT2D eigenvalue weighted by Gasteiger charge is 2.09. The van der Waals surface area contributed by atoms with Gasteiger partial charge in [-0.2, -0.15) is 0 Å². The van der Waals surface area contributed by atoms with Crippen LogP contribution in [0.5, 0.6) is 5.75 Å². The number of methoxy groups -OCH3 is 1. The number of nitrogens with one attached hydrogen (secondary N) is 3. The van der Waals surface area contributed by atoms with E-state index >= 15 is 0 Å². The third-order valence-electron chi connectivity index (χ3n) is 3.37. The molecule has 2 aromatic carbocycles. The summed E-state index contributed by atoms with van der Waals surface area (Å²) in [6, 6.07) is 12.4. The molecule has 2 aromatic rings. The van der Waals surface area contributed by atoms with Crippen molar-refractivity contribution in [3.63, 3.8) is 0 Å². The van der Waals surface area contributed by atoms with Gasteiger partial charge in [-0.05, 0) is 48.9 Å². The molecule has 0 aliphatic rings. The number of urea groups is 1. The zero-order valence-corrected chi connectivity index (χ0v) is 15.6. The van der Waals surface area contributed by atoms with Gasteiger partial charge in [-0.25, -0.2) is 4.79 Å². The second-order valence-electron chi connectivity index (χ2n) is 5.39. The molecule has 0 aromatic heterocycles. The lowest BCUT2D eigenvalue weighted by atomic mass is 10.2. The number of amides is 3. The van der Waals surface area contributed by atoms with Gasteiger partial charge in [0.15, 0.2) is 0 Å². The number of aryl methyl sites for hydroxylation is 1. The molecule has 0 atom stereocenters. The first-order valence-corrected chi connectivity index (χ1v) is 8.52. The van der Waals surface area contributed by atoms with E-state index in [0.717, 1.165) is 10.0 Å². The van der Waals surface area contributed by atoms with Gasteiger partial charge in [0.2, 0.25) is 5.91 Å². The fraction of sp³-hybridized carbons (Fsp3) is 0.222. The predicted molar refractivity (Wildman–Crippen MR) is 102 cm³/mol. The molecule has 0 aliphatic heterocycles. The van der Waals surface area contributed by atoms with E-state index in [-0.39, 0.29) is 24.9 Å². The molecule has 0 heterocycles. The molecule has 3 N–H and O–H groups in total. The first-order chi connectivity index (χ1) is 12.0. The number of ether oxygens (including phenoxy) is 1. The Balaban J connectivity index is 1.77. The molecular formula is C18H20BrN3O3. The minimum atomic E-state index is -0.358. The van der Waals surface area contributed by atoms with Gasteiger partial charge in [0.05, 0.1) is 12.8 Å². The van der Waals surface area contributed by atoms with Crippen molar-refractivity contribution < 1.29 is 14.3 Å². The van der Waals surface area contributed by atoms with Crippen LogP contribution in [0.3, 0.4) is 0 Å². The Bertz CT molecular complexity index is 748. The first kappa shape index (κ1) is 18.8. The number of anilines is 2. The maximum atomic E-state index is 12.0. The molecule has 0 bridgehead atoms. The number of benzene rings is 2. The number of halogens is 1. The van der Waals surface area contributed by atoms with E-state index in [1.807, 2.05) is 31.2 Å². The van der Waals surface area contributed by atoms with Crippen LogP contribution >= 0.6 is 15.9 Å². The average Bonchev–Trinajstić information content (AvgIpc) is 2.57. The molecule has 3 amide bonds. The lowest BCUT2D eigenvalue weighted by molar-refractivity contribution is -0.116. The summed E-state index contributed by atoms with van der Waals surface area (Å²) in [5.41, 5.74) is 2.31. The molecule has 0 aliphatic carbocycles. The fourth-order valence-electron chi connectivity index (χ4n) is 2.13. The summed E-state index contributed by atoms with van der Waals surface area (Å²) in [6.45, 7) is 2.16. The molecule has 0 saturated carbocycles. The SMILES string of the molecule is COc1ccc(C)cc1NC(=O)CCNC(=O)Nc1ccc(Br)cc1. The molecule has 0 spiro atoms. The van der Waals surface area contributed by atoms with Gasteiger partial charge in [-0.3, -0.25) is 4.79 Å². The molecule has 0 saturated heterocycles. The summed E-state index contributed by atoms with van der Waals surface area (Å²) in [7, 11) is 1.55. The maximum absolute atomic E-state index is 12.0. The van der Waals surface area contributed by atoms with E-state index in [0.29, 0.717) is 17.1 Å². The summed E-state index contributed by atoms with van der Waals surface area (Å²) in [6.07, 6.45) is 0.158. The van der Waals surface area contributed by atoms with Crippen LogP contribution in [0, 0.1) is 6.92 Å². The fourth-order valence-corrected chi connectivity index (χ4v) is 2.39. The Morgan fingerprint density at radius 1 is 1.08 bits per heavy atom. The van der Waals surface area contributed by atoms with E-state index in [1.54, 1.807) is 25.3 Å². The topological polar surface area (TPSA) is 79.5 Å². The second-order valence-corrected chi connectivity index (χ2v) is 6.31. The van der Waals surface area contributed by atoms with Crippen LogP contribution in [-0.2, 0) is 4.79 Å². The number of hydrogen-bond donors (Lipinski definition) is 3. The molecule has 6 nitrogen and oxygen atoms in total. The Kier molecular flexibility index (Phi) is 6.82. The Morgan fingerprint density at radius 2 is 1.80 bits per heavy atom. The first-order valence-electron chi connectivity index (χ1n) is 7.73. The van der Waals surface area contributed by atoms with Crippen molar-refractivity contribution in [2.75, 3.05) is 24.3 Å². The number of carbonyl (C=O) groups is 2. The molecule has 0 fully saturated rings. The summed E-state index contributed by atoms with van der Waals surface area (Å²) < 4.78 is 6.15. The third-order valence-corrected chi connectivity index (χ3v) is 3.90. The van der Waals surface area contributed by atoms with E-state index in [1.165, 1.54) is 0 Å². The van der Waals surface area contributed by atoms with E-state index < -0.39 is 0 Å². The standard InChI is InChI=1S/C18H20BrN3O3/c1-12-3-8-16(25-2)15(11-12)22-17(23)9-10-20-18(24)21-14-6-4-13(19)5-7-14/h3-8,11H,9-10H2,1-2H3,(H,22,23)(H2,20,21,24). The van der Waals surface area contributed by atoms with Crippen LogP contribution in [-0.4, -0.2) is 25.6 Å². The van der Waals surface area contributed by atoms with E-state index in [4.69, 9.17) is 4.74 Å². The molecular weight excluding hydrogens is 386 g/mol. The van der Waals surface area contributed by atoms with Crippen LogP contribution < -0.4 is 20.7 Å². The highest BCUT2D eigenvalue weighted by Crippen LogP contribution is 2.25. The lowest BCUT2D eigenvalue weighted by Gasteiger charge is -2.11. The van der Waals surface area contributed by atoms with Gasteiger partial charge >= 0.3 is 6.03 Å². The summed E-state index contributed by atoms with van der Waals surface area (Å²) in [4.78, 5) is 23.8. The highest BCUT2D eigenvalue weighted by atomic mass is 79.9. The molecule has 25 heavy (non-hydrogen) atoms. The van der Waals surface area contributed by atoms with Gasteiger partial charge in [-0.15, -0.1) is 0 Å². The quantitative estimate of drug-likeness (QED) is 0.681. The van der Waals surface area contributed by atoms with Crippen molar-refractivity contribution in [1.82, 2.24) is 5.32 Å². The van der Waals surface area contributed by atoms with E-state index in [2.05, 4.69) is 31.9 Å². The number of hydrogen-bond acceptors (Lipinski definition) is 3. The lowest BCUT2D eigenvalue weighted by Crippen LogP contribution is -2.31. The smallest absolute Gasteiger partial charge is 0.319 e. The van der Waals surface area contributed by atoms with Gasteiger partial charge in [-0.1, -0.05) is 22.0 Å². The van der Waals surface area contributed by atoms with Crippen LogP contribution in [0.4, 0.5) is 16.2 Å². The van der Waals surface area contributed by atoms with Gasteiger partial charge in [0.1, 0.15) is 5.75 Å². The van der Waals surface area contributed by atoms with Crippen molar-refractivity contribution >= 4 is 39.2 Å². The molecule has 0 radical (unpaired) electrons. The largest absolute Gasteiger partial charge is 0.495 e. The van der Waals surface area contributed by atoms with Crippen molar-refractivity contribution in [2.24, 2.45) is 0 Å². The maximum Gasteiger partial charge on any atom is 0.319 e. The van der Waals surface area contributed by atoms with Crippen molar-refractivity contribution in [3.8, 4) is 5.75 Å². The normalized spacial score (nSPS) is 10.0. The number of carbonyl (C=O) groups excluding carboxylic acids is 2. The number of rotatable bonds is 6. The second kappa shape index (κ2) is 9.08. The Labute approximate surface area is 155 Å². The van der Waals surface area contributed by atoms with E-state index in [9.17, 15) is 9.59 Å². The summed E-state index contributed by atoms with van der Waals surface area (Å²) >= 11 is 3.33. The summed E-state index contributed by atoms with van der Waals surface area (Å²) in [5.74, 6) is 0.396. The highest BCUT2D eigenvalue weighted by molar-refractivity contribution is 9.10.